The first-order chi connectivity index (χ1) is 16.0. The molecule has 8 heteroatoms. The molecule has 3 aromatic carbocycles. The molecule has 33 heavy (non-hydrogen) atoms. The average Bonchev–Trinajstić information content (AvgIpc) is 3.07. The minimum atomic E-state index is -0.421. The lowest BCUT2D eigenvalue weighted by atomic mass is 10.2. The Balaban J connectivity index is 1.39. The SMILES string of the molecule is O=C(CN1C(=O)/C(=C/c2cccc(OCc3ccccc3)c2)SC1=S)Nc1ccc(F)cc1. The molecular weight excluding hydrogens is 459 g/mol. The lowest BCUT2D eigenvalue weighted by Gasteiger charge is -2.14. The number of benzene rings is 3. The van der Waals surface area contributed by atoms with Gasteiger partial charge in [0, 0.05) is 5.69 Å². The number of hydrogen-bond donors (Lipinski definition) is 1. The van der Waals surface area contributed by atoms with E-state index in [2.05, 4.69) is 5.32 Å². The predicted octanol–water partition coefficient (Wildman–Crippen LogP) is 5.24. The summed E-state index contributed by atoms with van der Waals surface area (Å²) in [4.78, 5) is 26.9. The zero-order chi connectivity index (χ0) is 23.2. The first kappa shape index (κ1) is 22.7. The summed E-state index contributed by atoms with van der Waals surface area (Å²) in [6.45, 7) is 0.217. The van der Waals surface area contributed by atoms with E-state index in [0.717, 1.165) is 22.9 Å². The standard InChI is InChI=1S/C25H19FN2O3S2/c26-19-9-11-20(12-10-19)27-23(29)15-28-24(30)22(33-25(28)32)14-18-7-4-8-21(13-18)31-16-17-5-2-1-3-6-17/h1-14H,15-16H2,(H,27,29)/b22-14-. The molecule has 166 valence electrons. The first-order valence-electron chi connectivity index (χ1n) is 10.1. The van der Waals surface area contributed by atoms with Crippen molar-refractivity contribution in [2.24, 2.45) is 0 Å². The van der Waals surface area contributed by atoms with Crippen molar-refractivity contribution in [1.29, 1.82) is 0 Å². The smallest absolute Gasteiger partial charge is 0.266 e. The number of rotatable bonds is 7. The molecule has 0 bridgehead atoms. The van der Waals surface area contributed by atoms with Crippen LogP contribution in [0, 0.1) is 5.82 Å². The number of anilines is 1. The number of nitrogens with zero attached hydrogens (tertiary/aromatic N) is 1. The number of carbonyl (C=O) groups excluding carboxylic acids is 2. The fourth-order valence-corrected chi connectivity index (χ4v) is 4.36. The summed E-state index contributed by atoms with van der Waals surface area (Å²) in [7, 11) is 0. The first-order valence-corrected chi connectivity index (χ1v) is 11.3. The van der Waals surface area contributed by atoms with Crippen molar-refractivity contribution in [2.75, 3.05) is 11.9 Å². The third-order valence-corrected chi connectivity index (χ3v) is 6.09. The summed E-state index contributed by atoms with van der Waals surface area (Å²) in [5, 5.41) is 2.63. The van der Waals surface area contributed by atoms with Gasteiger partial charge in [-0.1, -0.05) is 66.4 Å². The molecule has 0 saturated carbocycles. The van der Waals surface area contributed by atoms with Gasteiger partial charge < -0.3 is 10.1 Å². The van der Waals surface area contributed by atoms with Crippen LogP contribution in [0.1, 0.15) is 11.1 Å². The molecule has 4 rings (SSSR count). The largest absolute Gasteiger partial charge is 0.489 e. The molecule has 2 amide bonds. The minimum absolute atomic E-state index is 0.223. The van der Waals surface area contributed by atoms with E-state index < -0.39 is 11.7 Å². The molecule has 0 unspecified atom stereocenters. The molecule has 1 fully saturated rings. The number of carbonyl (C=O) groups is 2. The fourth-order valence-electron chi connectivity index (χ4n) is 3.10. The molecule has 0 spiro atoms. The number of nitrogens with one attached hydrogen (secondary N) is 1. The Hall–Kier alpha value is -3.49. The Morgan fingerprint density at radius 3 is 2.58 bits per heavy atom. The van der Waals surface area contributed by atoms with Crippen molar-refractivity contribution in [2.45, 2.75) is 6.61 Å². The second kappa shape index (κ2) is 10.4. The fraction of sp³-hybridized carbons (Fsp3) is 0.0800. The summed E-state index contributed by atoms with van der Waals surface area (Å²) >= 11 is 6.45. The summed E-state index contributed by atoms with van der Waals surface area (Å²) in [6, 6.07) is 22.6. The molecule has 0 radical (unpaired) electrons. The van der Waals surface area contributed by atoms with Crippen LogP contribution < -0.4 is 10.1 Å². The zero-order valence-corrected chi connectivity index (χ0v) is 19.0. The summed E-state index contributed by atoms with van der Waals surface area (Å²) < 4.78 is 19.2. The van der Waals surface area contributed by atoms with Crippen LogP contribution >= 0.6 is 24.0 Å². The van der Waals surface area contributed by atoms with E-state index in [9.17, 15) is 14.0 Å². The van der Waals surface area contributed by atoms with E-state index in [1.54, 1.807) is 6.08 Å². The Morgan fingerprint density at radius 1 is 1.06 bits per heavy atom. The maximum atomic E-state index is 13.0. The molecule has 5 nitrogen and oxygen atoms in total. The van der Waals surface area contributed by atoms with Crippen LogP contribution in [-0.4, -0.2) is 27.6 Å². The second-order valence-corrected chi connectivity index (χ2v) is 8.85. The van der Waals surface area contributed by atoms with Crippen molar-refractivity contribution in [3.05, 3.63) is 101 Å². The van der Waals surface area contributed by atoms with Crippen LogP contribution in [0.5, 0.6) is 5.75 Å². The average molecular weight is 479 g/mol. The van der Waals surface area contributed by atoms with Crippen LogP contribution in [0.25, 0.3) is 6.08 Å². The van der Waals surface area contributed by atoms with Crippen molar-refractivity contribution < 1.29 is 18.7 Å². The zero-order valence-electron chi connectivity index (χ0n) is 17.4. The quantitative estimate of drug-likeness (QED) is 0.372. The van der Waals surface area contributed by atoms with Crippen LogP contribution in [0.3, 0.4) is 0 Å². The highest BCUT2D eigenvalue weighted by atomic mass is 32.2. The van der Waals surface area contributed by atoms with Crippen LogP contribution in [0.15, 0.2) is 83.8 Å². The van der Waals surface area contributed by atoms with Gasteiger partial charge in [0.2, 0.25) is 5.91 Å². The Morgan fingerprint density at radius 2 is 1.82 bits per heavy atom. The lowest BCUT2D eigenvalue weighted by molar-refractivity contribution is -0.126. The monoisotopic (exact) mass is 478 g/mol. The third kappa shape index (κ3) is 6.06. The van der Waals surface area contributed by atoms with E-state index in [0.29, 0.717) is 27.3 Å². The minimum Gasteiger partial charge on any atom is -0.489 e. The molecule has 1 aliphatic heterocycles. The van der Waals surface area contributed by atoms with Crippen molar-refractivity contribution in [1.82, 2.24) is 4.90 Å². The van der Waals surface area contributed by atoms with Crippen LogP contribution in [0.4, 0.5) is 10.1 Å². The van der Waals surface area contributed by atoms with Gasteiger partial charge in [-0.15, -0.1) is 0 Å². The van der Waals surface area contributed by atoms with E-state index in [4.69, 9.17) is 17.0 Å². The maximum Gasteiger partial charge on any atom is 0.266 e. The van der Waals surface area contributed by atoms with Crippen LogP contribution in [-0.2, 0) is 16.2 Å². The Kier molecular flexibility index (Phi) is 7.16. The van der Waals surface area contributed by atoms with Crippen molar-refractivity contribution in [3.8, 4) is 5.75 Å². The van der Waals surface area contributed by atoms with Gasteiger partial charge in [-0.25, -0.2) is 4.39 Å². The molecule has 1 N–H and O–H groups in total. The number of halogens is 1. The van der Waals surface area contributed by atoms with Crippen LogP contribution in [0.2, 0.25) is 0 Å². The highest BCUT2D eigenvalue weighted by molar-refractivity contribution is 8.26. The highest BCUT2D eigenvalue weighted by Crippen LogP contribution is 2.33. The van der Waals surface area contributed by atoms with Gasteiger partial charge in [-0.3, -0.25) is 14.5 Å². The molecule has 1 saturated heterocycles. The summed E-state index contributed by atoms with van der Waals surface area (Å²) in [5.74, 6) is -0.475. The normalized spacial score (nSPS) is 14.6. The number of thiocarbonyl (C=S) groups is 1. The molecule has 1 heterocycles. The lowest BCUT2D eigenvalue weighted by Crippen LogP contribution is -2.36. The van der Waals surface area contributed by atoms with Gasteiger partial charge in [0.1, 0.15) is 29.0 Å². The van der Waals surface area contributed by atoms with Gasteiger partial charge in [0.15, 0.2) is 0 Å². The van der Waals surface area contributed by atoms with Gasteiger partial charge in [-0.2, -0.15) is 0 Å². The van der Waals surface area contributed by atoms with E-state index in [1.807, 2.05) is 54.6 Å². The van der Waals surface area contributed by atoms with E-state index in [1.165, 1.54) is 29.2 Å². The predicted molar refractivity (Wildman–Crippen MR) is 132 cm³/mol. The summed E-state index contributed by atoms with van der Waals surface area (Å²) in [5.41, 5.74) is 2.29. The topological polar surface area (TPSA) is 58.6 Å². The number of thioether (sulfide) groups is 1. The molecular formula is C25H19FN2O3S2. The molecule has 0 atom stereocenters. The third-order valence-electron chi connectivity index (χ3n) is 4.71. The van der Waals surface area contributed by atoms with Gasteiger partial charge in [-0.05, 0) is 53.6 Å². The van der Waals surface area contributed by atoms with E-state index in [-0.39, 0.29) is 12.5 Å². The highest BCUT2D eigenvalue weighted by Gasteiger charge is 2.33. The van der Waals surface area contributed by atoms with Gasteiger partial charge in [0.25, 0.3) is 5.91 Å². The second-order valence-electron chi connectivity index (χ2n) is 7.17. The summed E-state index contributed by atoms with van der Waals surface area (Å²) in [6.07, 6.45) is 1.73. The molecule has 0 aromatic heterocycles. The maximum absolute atomic E-state index is 13.0. The number of amides is 2. The van der Waals surface area contributed by atoms with Gasteiger partial charge >= 0.3 is 0 Å². The van der Waals surface area contributed by atoms with E-state index >= 15 is 0 Å². The molecule has 1 aliphatic rings. The number of hydrogen-bond acceptors (Lipinski definition) is 5. The molecule has 3 aromatic rings. The van der Waals surface area contributed by atoms with Gasteiger partial charge in [0.05, 0.1) is 4.91 Å². The van der Waals surface area contributed by atoms with Crippen molar-refractivity contribution >= 4 is 51.9 Å². The molecule has 0 aliphatic carbocycles. The number of ether oxygens (including phenoxy) is 1. The Labute approximate surface area is 200 Å². The Bertz CT molecular complexity index is 1210. The van der Waals surface area contributed by atoms with Crippen molar-refractivity contribution in [3.63, 3.8) is 0 Å².